The van der Waals surface area contributed by atoms with Crippen molar-refractivity contribution in [2.24, 2.45) is 0 Å². The Balaban J connectivity index is 2.93. The van der Waals surface area contributed by atoms with Crippen molar-refractivity contribution in [3.8, 4) is 5.75 Å². The molecule has 0 radical (unpaired) electrons. The van der Waals surface area contributed by atoms with Gasteiger partial charge in [-0.05, 0) is 51.3 Å². The third kappa shape index (κ3) is 4.38. The van der Waals surface area contributed by atoms with E-state index in [4.69, 9.17) is 9.47 Å². The molecule has 1 aromatic rings. The van der Waals surface area contributed by atoms with Gasteiger partial charge in [-0.25, -0.2) is 4.79 Å². The summed E-state index contributed by atoms with van der Waals surface area (Å²) in [5.41, 5.74) is 0.792. The van der Waals surface area contributed by atoms with E-state index < -0.39 is 0 Å². The summed E-state index contributed by atoms with van der Waals surface area (Å²) in [5, 5.41) is 3.16. The molecule has 106 valence electrons. The van der Waals surface area contributed by atoms with Gasteiger partial charge in [-0.1, -0.05) is 6.92 Å². The minimum atomic E-state index is -0.373. The summed E-state index contributed by atoms with van der Waals surface area (Å²) in [6, 6.07) is 3.33. The summed E-state index contributed by atoms with van der Waals surface area (Å²) in [6.07, 6.45) is 0.643. The fourth-order valence-corrected chi connectivity index (χ4v) is 2.82. The van der Waals surface area contributed by atoms with E-state index in [1.54, 1.807) is 14.0 Å². The van der Waals surface area contributed by atoms with E-state index in [0.29, 0.717) is 18.8 Å². The van der Waals surface area contributed by atoms with Crippen molar-refractivity contribution in [2.75, 3.05) is 19.0 Å². The number of hydrogen-bond donors (Lipinski definition) is 1. The Hall–Kier alpha value is -0.750. The molecule has 0 amide bonds. The van der Waals surface area contributed by atoms with Crippen LogP contribution in [0.4, 0.5) is 5.69 Å². The van der Waals surface area contributed by atoms with Gasteiger partial charge < -0.3 is 14.8 Å². The first-order valence-electron chi connectivity index (χ1n) is 5.99. The van der Waals surface area contributed by atoms with Crippen molar-refractivity contribution in [3.63, 3.8) is 0 Å². The van der Waals surface area contributed by atoms with Crippen LogP contribution < -0.4 is 10.1 Å². The Bertz CT molecular complexity index is 452. The predicted molar refractivity (Wildman–Crippen MR) is 82.7 cm³/mol. The number of ether oxygens (including phenoxy) is 2. The lowest BCUT2D eigenvalue weighted by Gasteiger charge is -2.18. The van der Waals surface area contributed by atoms with Gasteiger partial charge in [0.25, 0.3) is 0 Å². The largest absolute Gasteiger partial charge is 0.495 e. The average molecular weight is 395 g/mol. The maximum Gasteiger partial charge on any atom is 0.328 e. The molecule has 0 heterocycles. The number of carbonyl (C=O) groups is 1. The van der Waals surface area contributed by atoms with Crippen LogP contribution in [0.1, 0.15) is 20.3 Å². The Morgan fingerprint density at radius 2 is 2.00 bits per heavy atom. The molecule has 1 atom stereocenters. The zero-order valence-corrected chi connectivity index (χ0v) is 14.3. The van der Waals surface area contributed by atoms with Crippen LogP contribution in [-0.2, 0) is 9.53 Å². The molecule has 0 bridgehead atoms. The second-order valence-corrected chi connectivity index (χ2v) is 5.53. The molecule has 0 aliphatic carbocycles. The summed E-state index contributed by atoms with van der Waals surface area (Å²) >= 11 is 6.86. The van der Waals surface area contributed by atoms with E-state index in [2.05, 4.69) is 37.2 Å². The van der Waals surface area contributed by atoms with Crippen LogP contribution in [0, 0.1) is 0 Å². The quantitative estimate of drug-likeness (QED) is 0.741. The van der Waals surface area contributed by atoms with Gasteiger partial charge in [0.15, 0.2) is 0 Å². The number of benzene rings is 1. The number of carbonyl (C=O) groups excluding carboxylic acids is 1. The SMILES string of the molecule is CCOC(=O)C(CC)Nc1cc(OC)c(Br)cc1Br. The van der Waals surface area contributed by atoms with Crippen LogP contribution in [0.2, 0.25) is 0 Å². The summed E-state index contributed by atoms with van der Waals surface area (Å²) in [4.78, 5) is 11.8. The molecule has 0 aliphatic rings. The zero-order valence-electron chi connectivity index (χ0n) is 11.1. The third-order valence-corrected chi connectivity index (χ3v) is 3.83. The van der Waals surface area contributed by atoms with Crippen molar-refractivity contribution >= 4 is 43.5 Å². The number of esters is 1. The van der Waals surface area contributed by atoms with E-state index in [-0.39, 0.29) is 12.0 Å². The average Bonchev–Trinajstić information content (AvgIpc) is 2.38. The fourth-order valence-electron chi connectivity index (χ4n) is 1.55. The van der Waals surface area contributed by atoms with Crippen LogP contribution in [0.25, 0.3) is 0 Å². The molecule has 1 aromatic carbocycles. The highest BCUT2D eigenvalue weighted by molar-refractivity contribution is 9.11. The summed E-state index contributed by atoms with van der Waals surface area (Å²) in [6.45, 7) is 4.10. The Labute approximate surface area is 130 Å². The molecule has 1 unspecified atom stereocenters. The Kier molecular flexibility index (Phi) is 6.65. The highest BCUT2D eigenvalue weighted by Crippen LogP contribution is 2.35. The summed E-state index contributed by atoms with van der Waals surface area (Å²) in [5.74, 6) is 0.447. The number of anilines is 1. The fraction of sp³-hybridized carbons (Fsp3) is 0.462. The summed E-state index contributed by atoms with van der Waals surface area (Å²) < 4.78 is 12.0. The normalized spacial score (nSPS) is 11.8. The number of methoxy groups -OCH3 is 1. The number of rotatable bonds is 6. The van der Waals surface area contributed by atoms with Crippen molar-refractivity contribution < 1.29 is 14.3 Å². The molecular weight excluding hydrogens is 378 g/mol. The summed E-state index contributed by atoms with van der Waals surface area (Å²) in [7, 11) is 1.60. The third-order valence-electron chi connectivity index (χ3n) is 2.55. The van der Waals surface area contributed by atoms with Crippen molar-refractivity contribution in [3.05, 3.63) is 21.1 Å². The topological polar surface area (TPSA) is 47.6 Å². The first kappa shape index (κ1) is 16.3. The van der Waals surface area contributed by atoms with Crippen LogP contribution in [0.3, 0.4) is 0 Å². The maximum atomic E-state index is 11.8. The minimum Gasteiger partial charge on any atom is -0.495 e. The molecule has 19 heavy (non-hydrogen) atoms. The van der Waals surface area contributed by atoms with E-state index in [1.807, 2.05) is 19.1 Å². The van der Waals surface area contributed by atoms with Gasteiger partial charge in [0.2, 0.25) is 0 Å². The lowest BCUT2D eigenvalue weighted by Crippen LogP contribution is -2.30. The van der Waals surface area contributed by atoms with Gasteiger partial charge >= 0.3 is 5.97 Å². The van der Waals surface area contributed by atoms with Crippen molar-refractivity contribution in [1.82, 2.24) is 0 Å². The standard InChI is InChI=1S/C13H17Br2NO3/c1-4-10(13(17)19-5-2)16-11-7-12(18-3)9(15)6-8(11)14/h6-7,10,16H,4-5H2,1-3H3. The molecule has 0 spiro atoms. The molecule has 0 fully saturated rings. The van der Waals surface area contributed by atoms with Gasteiger partial charge in [-0.15, -0.1) is 0 Å². The van der Waals surface area contributed by atoms with Crippen molar-refractivity contribution in [1.29, 1.82) is 0 Å². The molecule has 1 rings (SSSR count). The first-order chi connectivity index (χ1) is 9.03. The van der Waals surface area contributed by atoms with Crippen LogP contribution >= 0.6 is 31.9 Å². The second-order valence-electron chi connectivity index (χ2n) is 3.82. The number of nitrogens with one attached hydrogen (secondary N) is 1. The van der Waals surface area contributed by atoms with Gasteiger partial charge in [-0.2, -0.15) is 0 Å². The smallest absolute Gasteiger partial charge is 0.328 e. The zero-order chi connectivity index (χ0) is 14.4. The molecule has 1 N–H and O–H groups in total. The monoisotopic (exact) mass is 393 g/mol. The molecule has 0 saturated carbocycles. The predicted octanol–water partition coefficient (Wildman–Crippen LogP) is 3.97. The molecule has 0 aromatic heterocycles. The van der Waals surface area contributed by atoms with Crippen LogP contribution in [0.5, 0.6) is 5.75 Å². The maximum absolute atomic E-state index is 11.8. The van der Waals surface area contributed by atoms with E-state index >= 15 is 0 Å². The first-order valence-corrected chi connectivity index (χ1v) is 7.58. The Morgan fingerprint density at radius 1 is 1.32 bits per heavy atom. The van der Waals surface area contributed by atoms with Crippen LogP contribution in [0.15, 0.2) is 21.1 Å². The Morgan fingerprint density at radius 3 is 2.53 bits per heavy atom. The van der Waals surface area contributed by atoms with Gasteiger partial charge in [0, 0.05) is 10.5 Å². The lowest BCUT2D eigenvalue weighted by molar-refractivity contribution is -0.144. The number of hydrogen-bond acceptors (Lipinski definition) is 4. The molecule has 4 nitrogen and oxygen atoms in total. The van der Waals surface area contributed by atoms with E-state index in [1.165, 1.54) is 0 Å². The molecule has 0 saturated heterocycles. The van der Waals surface area contributed by atoms with E-state index in [0.717, 1.165) is 14.6 Å². The highest BCUT2D eigenvalue weighted by atomic mass is 79.9. The van der Waals surface area contributed by atoms with Crippen molar-refractivity contribution in [2.45, 2.75) is 26.3 Å². The second kappa shape index (κ2) is 7.75. The highest BCUT2D eigenvalue weighted by Gasteiger charge is 2.19. The molecular formula is C13H17Br2NO3. The van der Waals surface area contributed by atoms with Crippen LogP contribution in [-0.4, -0.2) is 25.7 Å². The minimum absolute atomic E-state index is 0.251. The van der Waals surface area contributed by atoms with Gasteiger partial charge in [-0.3, -0.25) is 0 Å². The van der Waals surface area contributed by atoms with E-state index in [9.17, 15) is 4.79 Å². The lowest BCUT2D eigenvalue weighted by atomic mass is 10.2. The number of halogens is 2. The van der Waals surface area contributed by atoms with Gasteiger partial charge in [0.05, 0.1) is 23.9 Å². The molecule has 6 heteroatoms. The van der Waals surface area contributed by atoms with Gasteiger partial charge in [0.1, 0.15) is 11.8 Å². The molecule has 0 aliphatic heterocycles.